The predicted molar refractivity (Wildman–Crippen MR) is 82.1 cm³/mol. The molecule has 6 nitrogen and oxygen atoms in total. The lowest BCUT2D eigenvalue weighted by molar-refractivity contribution is 0.174. The molecule has 2 aliphatic rings. The van der Waals surface area contributed by atoms with Gasteiger partial charge in [0.2, 0.25) is 12.7 Å². The van der Waals surface area contributed by atoms with E-state index in [0.717, 1.165) is 0 Å². The molecule has 114 valence electrons. The molecule has 2 aromatic rings. The maximum absolute atomic E-state index is 8.46. The highest BCUT2D eigenvalue weighted by Crippen LogP contribution is 2.32. The number of nitrogens with zero attached hydrogens (tertiary/aromatic N) is 4. The van der Waals surface area contributed by atoms with E-state index in [1.54, 1.807) is 12.1 Å². The third-order valence-electron chi connectivity index (χ3n) is 3.12. The first kappa shape index (κ1) is 7.28. The van der Waals surface area contributed by atoms with E-state index in [0.29, 0.717) is 26.9 Å². The Morgan fingerprint density at radius 3 is 2.64 bits per heavy atom. The van der Waals surface area contributed by atoms with Gasteiger partial charge in [0.25, 0.3) is 0 Å². The van der Waals surface area contributed by atoms with Crippen LogP contribution in [0.2, 0.25) is 0 Å². The van der Waals surface area contributed by atoms with Crippen LogP contribution in [0.15, 0.2) is 36.7 Å². The average molecular weight is 306 g/mol. The molecule has 0 saturated carbocycles. The molecule has 0 spiro atoms. The summed E-state index contributed by atoms with van der Waals surface area (Å²) >= 11 is 0. The lowest BCUT2D eigenvalue weighted by Gasteiger charge is -2.34. The van der Waals surface area contributed by atoms with Gasteiger partial charge in [-0.15, -0.1) is 0 Å². The minimum absolute atomic E-state index is 0.0291. The summed E-state index contributed by atoms with van der Waals surface area (Å²) in [5.74, 6) is 0.431. The summed E-state index contributed by atoms with van der Waals surface area (Å²) in [4.78, 5) is 8.52. The molecule has 0 radical (unpaired) electrons. The van der Waals surface area contributed by atoms with Crippen LogP contribution in [0, 0.1) is 0 Å². The maximum Gasteiger partial charge on any atom is 0.231 e. The third-order valence-corrected chi connectivity index (χ3v) is 3.12. The van der Waals surface area contributed by atoms with Crippen molar-refractivity contribution >= 4 is 5.95 Å². The minimum Gasteiger partial charge on any atom is -0.454 e. The summed E-state index contributed by atoms with van der Waals surface area (Å²) < 4.78 is 78.0. The van der Waals surface area contributed by atoms with Crippen LogP contribution in [0.25, 0.3) is 0 Å². The van der Waals surface area contributed by atoms with Gasteiger partial charge < -0.3 is 14.4 Å². The fraction of sp³-hybridized carbons (Fsp3) is 0.375. The molecule has 4 rings (SSSR count). The Hall–Kier alpha value is -2.34. The lowest BCUT2D eigenvalue weighted by atomic mass is 10.1. The molecule has 0 bridgehead atoms. The Morgan fingerprint density at radius 1 is 1.05 bits per heavy atom. The monoisotopic (exact) mass is 306 g/mol. The molecule has 22 heavy (non-hydrogen) atoms. The molecule has 2 aliphatic heterocycles. The van der Waals surface area contributed by atoms with Crippen molar-refractivity contribution < 1.29 is 20.4 Å². The molecule has 1 aromatic heterocycles. The largest absolute Gasteiger partial charge is 0.454 e. The van der Waals surface area contributed by atoms with Crippen molar-refractivity contribution in [2.24, 2.45) is 0 Å². The molecule has 1 aromatic carbocycles. The third kappa shape index (κ3) is 2.69. The van der Waals surface area contributed by atoms with Crippen molar-refractivity contribution in [2.75, 3.05) is 37.7 Å². The summed E-state index contributed by atoms with van der Waals surface area (Å²) in [6.45, 7) is -12.3. The summed E-state index contributed by atoms with van der Waals surface area (Å²) in [5.41, 5.74) is 0.406. The van der Waals surface area contributed by atoms with Gasteiger partial charge in [0, 0.05) is 50.4 Å². The molecular formula is C16H18N4O2. The van der Waals surface area contributed by atoms with Crippen molar-refractivity contribution in [2.45, 2.75) is 6.54 Å². The van der Waals surface area contributed by atoms with Gasteiger partial charge in [-0.3, -0.25) is 4.90 Å². The zero-order valence-electron chi connectivity index (χ0n) is 19.5. The van der Waals surface area contributed by atoms with Crippen molar-refractivity contribution in [1.82, 2.24) is 14.9 Å². The summed E-state index contributed by atoms with van der Waals surface area (Å²) in [5, 5.41) is 0. The Bertz CT molecular complexity index is 932. The van der Waals surface area contributed by atoms with Crippen molar-refractivity contribution in [3.8, 4) is 11.5 Å². The number of piperazine rings is 1. The van der Waals surface area contributed by atoms with Crippen LogP contribution >= 0.6 is 0 Å². The average Bonchev–Trinajstić information content (AvgIpc) is 3.13. The number of fused-ring (bicyclic) bond motifs is 1. The van der Waals surface area contributed by atoms with E-state index in [1.165, 1.54) is 24.5 Å². The van der Waals surface area contributed by atoms with Crippen LogP contribution < -0.4 is 14.4 Å². The topological polar surface area (TPSA) is 50.7 Å². The first-order chi connectivity index (χ1) is 13.9. The molecule has 0 amide bonds. The lowest BCUT2D eigenvalue weighted by Crippen LogP contribution is -2.46. The van der Waals surface area contributed by atoms with E-state index in [9.17, 15) is 0 Å². The second-order valence-corrected chi connectivity index (χ2v) is 4.61. The van der Waals surface area contributed by atoms with Crippen molar-refractivity contribution in [1.29, 1.82) is 0 Å². The Balaban J connectivity index is 1.79. The smallest absolute Gasteiger partial charge is 0.231 e. The number of hydrogen-bond acceptors (Lipinski definition) is 6. The predicted octanol–water partition coefficient (Wildman–Crippen LogP) is 1.53. The Kier molecular flexibility index (Phi) is 1.92. The zero-order chi connectivity index (χ0) is 21.9. The maximum atomic E-state index is 8.46. The van der Waals surface area contributed by atoms with Gasteiger partial charge >= 0.3 is 0 Å². The van der Waals surface area contributed by atoms with Gasteiger partial charge in [0.05, 0.1) is 5.48 Å². The van der Waals surface area contributed by atoms with Gasteiger partial charge in [0.15, 0.2) is 11.5 Å². The van der Waals surface area contributed by atoms with E-state index in [4.69, 9.17) is 20.4 Å². The van der Waals surface area contributed by atoms with E-state index >= 15 is 0 Å². The van der Waals surface area contributed by atoms with Crippen LogP contribution in [0.3, 0.4) is 0 Å². The molecule has 0 N–H and O–H groups in total. The molecule has 3 heterocycles. The highest BCUT2D eigenvalue weighted by Gasteiger charge is 2.20. The Labute approximate surface area is 140 Å². The van der Waals surface area contributed by atoms with Gasteiger partial charge in [0.1, 0.15) is 0 Å². The number of aromatic nitrogens is 2. The van der Waals surface area contributed by atoms with Gasteiger partial charge in [-0.2, -0.15) is 0 Å². The van der Waals surface area contributed by atoms with Crippen LogP contribution in [-0.4, -0.2) is 47.6 Å². The number of rotatable bonds is 3. The van der Waals surface area contributed by atoms with Gasteiger partial charge in [-0.25, -0.2) is 9.97 Å². The van der Waals surface area contributed by atoms with Crippen molar-refractivity contribution in [3.05, 3.63) is 42.2 Å². The Morgan fingerprint density at radius 2 is 1.82 bits per heavy atom. The van der Waals surface area contributed by atoms with Crippen LogP contribution in [-0.2, 0) is 6.54 Å². The SMILES string of the molecule is [2H]C1([2H])N(Cc2ccc3c(c2)OCO3)C([2H])([2H])C([2H])([2H])N(c2ncccn2)C1([2H])[2H]. The first-order valence-electron chi connectivity index (χ1n) is 10.6. The quantitative estimate of drug-likeness (QED) is 0.857. The van der Waals surface area contributed by atoms with E-state index in [2.05, 4.69) is 9.97 Å². The van der Waals surface area contributed by atoms with E-state index in [-0.39, 0.29) is 6.79 Å². The number of hydrogen-bond donors (Lipinski definition) is 0. The number of ether oxygens (including phenoxy) is 2. The highest BCUT2D eigenvalue weighted by atomic mass is 16.7. The van der Waals surface area contributed by atoms with Crippen LogP contribution in [0.5, 0.6) is 11.5 Å². The molecule has 1 fully saturated rings. The summed E-state index contributed by atoms with van der Waals surface area (Å²) in [7, 11) is 0. The number of benzene rings is 1. The van der Waals surface area contributed by atoms with Crippen LogP contribution in [0.1, 0.15) is 16.5 Å². The molecule has 6 heteroatoms. The van der Waals surface area contributed by atoms with E-state index < -0.39 is 38.5 Å². The molecule has 0 aliphatic carbocycles. The molecular weight excluding hydrogens is 280 g/mol. The normalized spacial score (nSPS) is 32.3. The zero-order valence-corrected chi connectivity index (χ0v) is 11.5. The van der Waals surface area contributed by atoms with Crippen molar-refractivity contribution in [3.63, 3.8) is 0 Å². The fourth-order valence-electron chi connectivity index (χ4n) is 2.08. The second kappa shape index (κ2) is 5.81. The van der Waals surface area contributed by atoms with E-state index in [1.807, 2.05) is 0 Å². The molecule has 1 saturated heterocycles. The molecule has 0 unspecified atom stereocenters. The van der Waals surface area contributed by atoms with Gasteiger partial charge in [-0.1, -0.05) is 6.07 Å². The standard InChI is InChI=1S/C16H18N4O2/c1-4-17-16(18-5-1)20-8-6-19(7-9-20)11-13-2-3-14-15(10-13)22-12-21-14/h1-5,10H,6-9,11-12H2/i6D2,7D2,8D2,9D2. The fourth-order valence-corrected chi connectivity index (χ4v) is 2.08. The van der Waals surface area contributed by atoms with Gasteiger partial charge in [-0.05, 0) is 23.8 Å². The number of anilines is 1. The second-order valence-electron chi connectivity index (χ2n) is 4.61. The highest BCUT2D eigenvalue weighted by molar-refractivity contribution is 5.44. The van der Waals surface area contributed by atoms with Crippen LogP contribution in [0.4, 0.5) is 5.95 Å². The summed E-state index contributed by atoms with van der Waals surface area (Å²) in [6, 6.07) is 6.12. The minimum atomic E-state index is -3.01. The molecule has 0 atom stereocenters. The first-order valence-corrected chi connectivity index (χ1v) is 6.64. The summed E-state index contributed by atoms with van der Waals surface area (Å²) in [6.07, 6.45) is 2.50.